The van der Waals surface area contributed by atoms with Gasteiger partial charge < -0.3 is 15.0 Å². The first-order valence-electron chi connectivity index (χ1n) is 6.54. The highest BCUT2D eigenvalue weighted by molar-refractivity contribution is 5.84. The van der Waals surface area contributed by atoms with Crippen LogP contribution in [0.5, 0.6) is 5.75 Å². The molecule has 0 aliphatic carbocycles. The van der Waals surface area contributed by atoms with Crippen LogP contribution in [0.2, 0.25) is 0 Å². The van der Waals surface area contributed by atoms with E-state index in [-0.39, 0.29) is 23.7 Å². The van der Waals surface area contributed by atoms with Crippen molar-refractivity contribution in [3.8, 4) is 5.75 Å². The van der Waals surface area contributed by atoms with Gasteiger partial charge in [0, 0.05) is 32.0 Å². The number of carbonyl (C=O) groups excluding carboxylic acids is 2. The lowest BCUT2D eigenvalue weighted by molar-refractivity contribution is -0.144. The number of rotatable bonds is 2. The number of ether oxygens (including phenoxy) is 1. The third-order valence-electron chi connectivity index (χ3n) is 3.57. The summed E-state index contributed by atoms with van der Waals surface area (Å²) in [7, 11) is 0. The van der Waals surface area contributed by atoms with E-state index in [0.717, 1.165) is 5.56 Å². The molecule has 0 spiro atoms. The maximum absolute atomic E-state index is 13.1. The van der Waals surface area contributed by atoms with Crippen LogP contribution in [0.4, 0.5) is 4.39 Å². The molecule has 20 heavy (non-hydrogen) atoms. The predicted molar refractivity (Wildman–Crippen MR) is 68.7 cm³/mol. The average molecular weight is 278 g/mol. The molecule has 106 valence electrons. The highest BCUT2D eigenvalue weighted by Crippen LogP contribution is 2.30. The number of carbonyl (C=O) groups is 2. The maximum atomic E-state index is 13.1. The molecule has 2 aliphatic rings. The molecular formula is C14H15FN2O3. The van der Waals surface area contributed by atoms with Crippen LogP contribution in [0.3, 0.4) is 0 Å². The SMILES string of the molecule is CC(=O)NC1CN(C(=O)C2Cc3cc(F)ccc3O2)C1. The first-order valence-corrected chi connectivity index (χ1v) is 6.54. The van der Waals surface area contributed by atoms with Crippen LogP contribution < -0.4 is 10.1 Å². The summed E-state index contributed by atoms with van der Waals surface area (Å²) in [5.41, 5.74) is 0.724. The highest BCUT2D eigenvalue weighted by Gasteiger charge is 2.38. The van der Waals surface area contributed by atoms with Gasteiger partial charge in [-0.25, -0.2) is 4.39 Å². The van der Waals surface area contributed by atoms with Crippen molar-refractivity contribution >= 4 is 11.8 Å². The van der Waals surface area contributed by atoms with Gasteiger partial charge in [-0.15, -0.1) is 0 Å². The van der Waals surface area contributed by atoms with Crippen LogP contribution in [-0.2, 0) is 16.0 Å². The van der Waals surface area contributed by atoms with Crippen molar-refractivity contribution in [2.24, 2.45) is 0 Å². The van der Waals surface area contributed by atoms with Gasteiger partial charge in [0.2, 0.25) is 5.91 Å². The van der Waals surface area contributed by atoms with Crippen molar-refractivity contribution in [2.75, 3.05) is 13.1 Å². The summed E-state index contributed by atoms with van der Waals surface area (Å²) in [4.78, 5) is 24.7. The van der Waals surface area contributed by atoms with Crippen LogP contribution in [-0.4, -0.2) is 41.9 Å². The zero-order valence-electron chi connectivity index (χ0n) is 11.1. The molecule has 1 fully saturated rings. The third kappa shape index (κ3) is 2.33. The van der Waals surface area contributed by atoms with E-state index < -0.39 is 6.10 Å². The van der Waals surface area contributed by atoms with Gasteiger partial charge in [0.25, 0.3) is 5.91 Å². The lowest BCUT2D eigenvalue weighted by Gasteiger charge is -2.40. The molecule has 1 aromatic carbocycles. The minimum absolute atomic E-state index is 0.0256. The molecule has 2 aliphatic heterocycles. The van der Waals surface area contributed by atoms with Crippen LogP contribution in [0.25, 0.3) is 0 Å². The van der Waals surface area contributed by atoms with E-state index in [4.69, 9.17) is 4.74 Å². The van der Waals surface area contributed by atoms with Crippen molar-refractivity contribution in [2.45, 2.75) is 25.5 Å². The Morgan fingerprint density at radius 1 is 1.40 bits per heavy atom. The van der Waals surface area contributed by atoms with E-state index in [1.165, 1.54) is 19.1 Å². The Labute approximate surface area is 115 Å². The van der Waals surface area contributed by atoms with E-state index in [0.29, 0.717) is 25.3 Å². The lowest BCUT2D eigenvalue weighted by atomic mass is 10.1. The first-order chi connectivity index (χ1) is 9.52. The fraction of sp³-hybridized carbons (Fsp3) is 0.429. The van der Waals surface area contributed by atoms with Gasteiger partial charge in [0.05, 0.1) is 6.04 Å². The van der Waals surface area contributed by atoms with Crippen molar-refractivity contribution < 1.29 is 18.7 Å². The van der Waals surface area contributed by atoms with Gasteiger partial charge in [0.15, 0.2) is 6.10 Å². The van der Waals surface area contributed by atoms with E-state index in [2.05, 4.69) is 5.32 Å². The van der Waals surface area contributed by atoms with Gasteiger partial charge in [0.1, 0.15) is 11.6 Å². The van der Waals surface area contributed by atoms with Gasteiger partial charge in [-0.1, -0.05) is 0 Å². The minimum atomic E-state index is -0.579. The molecule has 1 aromatic rings. The average Bonchev–Trinajstić information content (AvgIpc) is 2.75. The lowest BCUT2D eigenvalue weighted by Crippen LogP contribution is -2.62. The van der Waals surface area contributed by atoms with Crippen LogP contribution in [0.1, 0.15) is 12.5 Å². The zero-order valence-corrected chi connectivity index (χ0v) is 11.1. The fourth-order valence-corrected chi connectivity index (χ4v) is 2.60. The Hall–Kier alpha value is -2.11. The second-order valence-electron chi connectivity index (χ2n) is 5.20. The first kappa shape index (κ1) is 12.9. The van der Waals surface area contributed by atoms with Gasteiger partial charge in [-0.2, -0.15) is 0 Å². The van der Waals surface area contributed by atoms with E-state index in [1.807, 2.05) is 0 Å². The maximum Gasteiger partial charge on any atom is 0.264 e. The van der Waals surface area contributed by atoms with E-state index in [9.17, 15) is 14.0 Å². The molecule has 0 radical (unpaired) electrons. The molecule has 3 rings (SSSR count). The van der Waals surface area contributed by atoms with Crippen LogP contribution >= 0.6 is 0 Å². The molecule has 0 saturated carbocycles. The van der Waals surface area contributed by atoms with Crippen molar-refractivity contribution in [3.05, 3.63) is 29.6 Å². The Morgan fingerprint density at radius 3 is 2.85 bits per heavy atom. The molecular weight excluding hydrogens is 263 g/mol. The number of nitrogens with zero attached hydrogens (tertiary/aromatic N) is 1. The van der Waals surface area contributed by atoms with Crippen LogP contribution in [0, 0.1) is 5.82 Å². The zero-order chi connectivity index (χ0) is 14.3. The second kappa shape index (κ2) is 4.77. The number of hydrogen-bond acceptors (Lipinski definition) is 3. The highest BCUT2D eigenvalue weighted by atomic mass is 19.1. The van der Waals surface area contributed by atoms with Crippen molar-refractivity contribution in [1.82, 2.24) is 10.2 Å². The summed E-state index contributed by atoms with van der Waals surface area (Å²) in [5.74, 6) is 0.0455. The Balaban J connectivity index is 1.57. The largest absolute Gasteiger partial charge is 0.480 e. The number of hydrogen-bond donors (Lipinski definition) is 1. The number of halogens is 1. The molecule has 0 aromatic heterocycles. The molecule has 6 heteroatoms. The van der Waals surface area contributed by atoms with Crippen molar-refractivity contribution in [3.63, 3.8) is 0 Å². The molecule has 2 heterocycles. The topological polar surface area (TPSA) is 58.6 Å². The summed E-state index contributed by atoms with van der Waals surface area (Å²) in [6.07, 6.45) is -0.183. The molecule has 1 N–H and O–H groups in total. The summed E-state index contributed by atoms with van der Waals surface area (Å²) >= 11 is 0. The number of likely N-dealkylation sites (tertiary alicyclic amines) is 1. The third-order valence-corrected chi connectivity index (χ3v) is 3.57. The Morgan fingerprint density at radius 2 is 2.15 bits per heavy atom. The smallest absolute Gasteiger partial charge is 0.264 e. The number of amides is 2. The fourth-order valence-electron chi connectivity index (χ4n) is 2.60. The van der Waals surface area contributed by atoms with Gasteiger partial charge >= 0.3 is 0 Å². The van der Waals surface area contributed by atoms with E-state index in [1.54, 1.807) is 11.0 Å². The molecule has 2 amide bonds. The number of benzene rings is 1. The Kier molecular flexibility index (Phi) is 3.08. The van der Waals surface area contributed by atoms with Crippen molar-refractivity contribution in [1.29, 1.82) is 0 Å². The summed E-state index contributed by atoms with van der Waals surface area (Å²) < 4.78 is 18.7. The predicted octanol–water partition coefficient (Wildman–Crippen LogP) is 0.476. The molecule has 1 saturated heterocycles. The van der Waals surface area contributed by atoms with Gasteiger partial charge in [-0.3, -0.25) is 9.59 Å². The quantitative estimate of drug-likeness (QED) is 0.856. The normalized spacial score (nSPS) is 20.9. The monoisotopic (exact) mass is 278 g/mol. The summed E-state index contributed by atoms with van der Waals surface area (Å²) in [6, 6.07) is 4.30. The molecule has 0 bridgehead atoms. The standard InChI is InChI=1S/C14H15FN2O3/c1-8(18)16-11-6-17(7-11)14(19)13-5-9-4-10(15)2-3-12(9)20-13/h2-4,11,13H,5-7H2,1H3,(H,16,18). The summed E-state index contributed by atoms with van der Waals surface area (Å²) in [6.45, 7) is 2.46. The number of nitrogens with one attached hydrogen (secondary N) is 1. The van der Waals surface area contributed by atoms with E-state index >= 15 is 0 Å². The molecule has 5 nitrogen and oxygen atoms in total. The molecule has 1 unspecified atom stereocenters. The molecule has 1 atom stereocenters. The summed E-state index contributed by atoms with van der Waals surface area (Å²) in [5, 5.41) is 2.76. The second-order valence-corrected chi connectivity index (χ2v) is 5.20. The number of fused-ring (bicyclic) bond motifs is 1. The van der Waals surface area contributed by atoms with Gasteiger partial charge in [-0.05, 0) is 18.2 Å². The minimum Gasteiger partial charge on any atom is -0.480 e. The Bertz CT molecular complexity index is 570. The van der Waals surface area contributed by atoms with Crippen LogP contribution in [0.15, 0.2) is 18.2 Å².